The second-order valence-corrected chi connectivity index (χ2v) is 4.43. The molecule has 1 amide bonds. The van der Waals surface area contributed by atoms with Crippen molar-refractivity contribution in [1.29, 1.82) is 0 Å². The largest absolute Gasteiger partial charge is 0.366 e. The number of aromatic nitrogens is 3. The summed E-state index contributed by atoms with van der Waals surface area (Å²) in [6, 6.07) is 7.62. The molecule has 7 nitrogen and oxygen atoms in total. The lowest BCUT2D eigenvalue weighted by molar-refractivity contribution is 0.101. The lowest BCUT2D eigenvalue weighted by atomic mass is 10.2. The summed E-state index contributed by atoms with van der Waals surface area (Å²) in [6.07, 6.45) is 0. The van der Waals surface area contributed by atoms with Gasteiger partial charge in [0, 0.05) is 12.2 Å². The molecule has 0 aliphatic heterocycles. The van der Waals surface area contributed by atoms with Crippen molar-refractivity contribution in [3.8, 4) is 0 Å². The monoisotopic (exact) mass is 260 g/mol. The van der Waals surface area contributed by atoms with Gasteiger partial charge in [-0.25, -0.2) is 0 Å². The zero-order chi connectivity index (χ0) is 13.8. The van der Waals surface area contributed by atoms with E-state index < -0.39 is 0 Å². The second-order valence-electron chi connectivity index (χ2n) is 4.43. The van der Waals surface area contributed by atoms with E-state index in [1.165, 1.54) is 0 Å². The molecule has 1 heterocycles. The molecule has 4 N–H and O–H groups in total. The summed E-state index contributed by atoms with van der Waals surface area (Å²) in [5, 5.41) is 8.81. The lowest BCUT2D eigenvalue weighted by Gasteiger charge is -2.11. The van der Waals surface area contributed by atoms with Crippen molar-refractivity contribution in [2.24, 2.45) is 0 Å². The van der Waals surface area contributed by atoms with Crippen molar-refractivity contribution in [3.05, 3.63) is 35.7 Å². The number of nitrogens with zero attached hydrogens (tertiary/aromatic N) is 3. The molecule has 2 rings (SSSR count). The van der Waals surface area contributed by atoms with Crippen LogP contribution < -0.4 is 11.1 Å². The predicted molar refractivity (Wildman–Crippen MR) is 72.6 cm³/mol. The van der Waals surface area contributed by atoms with E-state index in [4.69, 9.17) is 5.73 Å². The van der Waals surface area contributed by atoms with Gasteiger partial charge in [0.1, 0.15) is 0 Å². The SMILES string of the molecule is CN(C)Cc1cccc(NC(=O)c2nc(N)n[nH]2)c1. The van der Waals surface area contributed by atoms with Gasteiger partial charge in [0.25, 0.3) is 5.91 Å². The Labute approximate surface area is 110 Å². The highest BCUT2D eigenvalue weighted by Gasteiger charge is 2.10. The Morgan fingerprint density at radius 1 is 1.47 bits per heavy atom. The molecule has 0 aliphatic rings. The number of anilines is 2. The maximum Gasteiger partial charge on any atom is 0.293 e. The molecule has 1 aromatic carbocycles. The molecular formula is C12H16N6O. The van der Waals surface area contributed by atoms with Crippen LogP contribution in [-0.2, 0) is 6.54 Å². The average Bonchev–Trinajstić information content (AvgIpc) is 2.75. The molecule has 19 heavy (non-hydrogen) atoms. The standard InChI is InChI=1S/C12H16N6O/c1-18(2)7-8-4-3-5-9(6-8)14-11(19)10-15-12(13)17-16-10/h3-6H,7H2,1-2H3,(H,14,19)(H3,13,15,16,17). The van der Waals surface area contributed by atoms with Crippen LogP contribution in [0, 0.1) is 0 Å². The van der Waals surface area contributed by atoms with E-state index in [0.717, 1.165) is 12.1 Å². The Morgan fingerprint density at radius 3 is 2.89 bits per heavy atom. The summed E-state index contributed by atoms with van der Waals surface area (Å²) in [5.41, 5.74) is 7.17. The first-order valence-corrected chi connectivity index (χ1v) is 5.77. The number of H-pyrrole nitrogens is 1. The quantitative estimate of drug-likeness (QED) is 0.751. The van der Waals surface area contributed by atoms with Crippen molar-refractivity contribution in [1.82, 2.24) is 20.1 Å². The lowest BCUT2D eigenvalue weighted by Crippen LogP contribution is -2.15. The van der Waals surface area contributed by atoms with Crippen LogP contribution in [-0.4, -0.2) is 40.1 Å². The van der Waals surface area contributed by atoms with Gasteiger partial charge in [-0.3, -0.25) is 9.89 Å². The Hall–Kier alpha value is -2.41. The molecule has 0 bridgehead atoms. The van der Waals surface area contributed by atoms with Crippen molar-refractivity contribution in [2.45, 2.75) is 6.54 Å². The summed E-state index contributed by atoms with van der Waals surface area (Å²) < 4.78 is 0. The van der Waals surface area contributed by atoms with Gasteiger partial charge < -0.3 is 16.0 Å². The fourth-order valence-electron chi connectivity index (χ4n) is 1.68. The zero-order valence-electron chi connectivity index (χ0n) is 10.8. The molecule has 7 heteroatoms. The number of nitrogens with two attached hydrogens (primary N) is 1. The van der Waals surface area contributed by atoms with Gasteiger partial charge >= 0.3 is 0 Å². The van der Waals surface area contributed by atoms with Crippen molar-refractivity contribution >= 4 is 17.5 Å². The molecule has 100 valence electrons. The van der Waals surface area contributed by atoms with Crippen molar-refractivity contribution in [2.75, 3.05) is 25.1 Å². The highest BCUT2D eigenvalue weighted by molar-refractivity contribution is 6.01. The number of benzene rings is 1. The number of aromatic amines is 1. The zero-order valence-corrected chi connectivity index (χ0v) is 10.8. The molecule has 0 saturated heterocycles. The van der Waals surface area contributed by atoms with Crippen LogP contribution in [0.1, 0.15) is 16.2 Å². The number of nitrogen functional groups attached to an aromatic ring is 1. The molecule has 0 atom stereocenters. The molecule has 0 unspecified atom stereocenters. The van der Waals surface area contributed by atoms with Gasteiger partial charge in [0.15, 0.2) is 0 Å². The van der Waals surface area contributed by atoms with Gasteiger partial charge in [0.05, 0.1) is 0 Å². The van der Waals surface area contributed by atoms with E-state index in [-0.39, 0.29) is 17.7 Å². The smallest absolute Gasteiger partial charge is 0.293 e. The fraction of sp³-hybridized carbons (Fsp3) is 0.250. The third-order valence-electron chi connectivity index (χ3n) is 2.40. The van der Waals surface area contributed by atoms with Crippen LogP contribution in [0.3, 0.4) is 0 Å². The van der Waals surface area contributed by atoms with Crippen LogP contribution >= 0.6 is 0 Å². The number of hydrogen-bond donors (Lipinski definition) is 3. The Bertz CT molecular complexity index is 577. The summed E-state index contributed by atoms with van der Waals surface area (Å²) in [4.78, 5) is 17.7. The Balaban J connectivity index is 2.08. The van der Waals surface area contributed by atoms with Gasteiger partial charge in [-0.15, -0.1) is 5.10 Å². The summed E-state index contributed by atoms with van der Waals surface area (Å²) in [5.74, 6) is -0.228. The Morgan fingerprint density at radius 2 is 2.26 bits per heavy atom. The third kappa shape index (κ3) is 3.52. The fourth-order valence-corrected chi connectivity index (χ4v) is 1.68. The third-order valence-corrected chi connectivity index (χ3v) is 2.40. The Kier molecular flexibility index (Phi) is 3.76. The first kappa shape index (κ1) is 13.0. The molecule has 0 radical (unpaired) electrons. The summed E-state index contributed by atoms with van der Waals surface area (Å²) in [6.45, 7) is 0.805. The van der Waals surface area contributed by atoms with Crippen molar-refractivity contribution < 1.29 is 4.79 Å². The van der Waals surface area contributed by atoms with Gasteiger partial charge in [-0.1, -0.05) is 12.1 Å². The average molecular weight is 260 g/mol. The summed E-state index contributed by atoms with van der Waals surface area (Å²) >= 11 is 0. The van der Waals surface area contributed by atoms with Crippen LogP contribution in [0.5, 0.6) is 0 Å². The van der Waals surface area contributed by atoms with Crippen LogP contribution in [0.15, 0.2) is 24.3 Å². The highest BCUT2D eigenvalue weighted by atomic mass is 16.2. The molecule has 0 spiro atoms. The van der Waals surface area contributed by atoms with Crippen LogP contribution in [0.2, 0.25) is 0 Å². The maximum atomic E-state index is 11.9. The topological polar surface area (TPSA) is 99.9 Å². The molecule has 1 aromatic heterocycles. The minimum absolute atomic E-state index is 0.0477. The number of hydrogen-bond acceptors (Lipinski definition) is 5. The van der Waals surface area contributed by atoms with Crippen LogP contribution in [0.25, 0.3) is 0 Å². The van der Waals surface area contributed by atoms with E-state index in [0.29, 0.717) is 5.69 Å². The molecule has 0 fully saturated rings. The molecule has 0 aliphatic carbocycles. The highest BCUT2D eigenvalue weighted by Crippen LogP contribution is 2.12. The van der Waals surface area contributed by atoms with E-state index in [2.05, 4.69) is 25.4 Å². The van der Waals surface area contributed by atoms with E-state index in [1.54, 1.807) is 0 Å². The first-order chi connectivity index (χ1) is 9.04. The minimum atomic E-state index is -0.369. The van der Waals surface area contributed by atoms with E-state index >= 15 is 0 Å². The van der Waals surface area contributed by atoms with Gasteiger partial charge in [-0.05, 0) is 31.8 Å². The van der Waals surface area contributed by atoms with Gasteiger partial charge in [-0.2, -0.15) is 4.98 Å². The normalized spacial score (nSPS) is 10.7. The van der Waals surface area contributed by atoms with E-state index in [1.807, 2.05) is 38.4 Å². The van der Waals surface area contributed by atoms with Crippen LogP contribution in [0.4, 0.5) is 11.6 Å². The number of carbonyl (C=O) groups is 1. The second kappa shape index (κ2) is 5.49. The van der Waals surface area contributed by atoms with Gasteiger partial charge in [0.2, 0.25) is 11.8 Å². The molecule has 2 aromatic rings. The summed E-state index contributed by atoms with van der Waals surface area (Å²) in [7, 11) is 3.98. The molecular weight excluding hydrogens is 244 g/mol. The number of carbonyl (C=O) groups excluding carboxylic acids is 1. The minimum Gasteiger partial charge on any atom is -0.366 e. The number of nitrogens with one attached hydrogen (secondary N) is 2. The van der Waals surface area contributed by atoms with E-state index in [9.17, 15) is 4.79 Å². The predicted octanol–water partition coefficient (Wildman–Crippen LogP) is 0.701. The first-order valence-electron chi connectivity index (χ1n) is 5.77. The maximum absolute atomic E-state index is 11.9. The van der Waals surface area contributed by atoms with Crippen molar-refractivity contribution in [3.63, 3.8) is 0 Å². The number of amides is 1. The molecule has 0 saturated carbocycles. The number of rotatable bonds is 4.